The van der Waals surface area contributed by atoms with Crippen molar-refractivity contribution in [2.24, 2.45) is 5.92 Å². The average Bonchev–Trinajstić information content (AvgIpc) is 3.12. The number of piperazine rings is 1. The fourth-order valence-corrected chi connectivity index (χ4v) is 3.73. The van der Waals surface area contributed by atoms with E-state index in [1.54, 1.807) is 11.1 Å². The molecule has 1 atom stereocenters. The molecular weight excluding hydrogens is 366 g/mol. The number of carbonyl (C=O) groups is 2. The Morgan fingerprint density at radius 2 is 1.82 bits per heavy atom. The average molecular weight is 386 g/mol. The van der Waals surface area contributed by atoms with E-state index >= 15 is 0 Å². The van der Waals surface area contributed by atoms with Crippen molar-refractivity contribution in [1.82, 2.24) is 9.88 Å². The number of amides is 2. The van der Waals surface area contributed by atoms with E-state index in [4.69, 9.17) is 0 Å². The van der Waals surface area contributed by atoms with Gasteiger partial charge in [-0.1, -0.05) is 6.07 Å². The lowest BCUT2D eigenvalue weighted by Gasteiger charge is -2.36. The molecule has 2 aliphatic heterocycles. The second-order valence-electron chi connectivity index (χ2n) is 7.00. The van der Waals surface area contributed by atoms with Crippen molar-refractivity contribution < 1.29 is 18.4 Å². The van der Waals surface area contributed by atoms with Crippen LogP contribution in [0, 0.1) is 17.6 Å². The molecule has 2 saturated heterocycles. The molecule has 0 N–H and O–H groups in total. The van der Waals surface area contributed by atoms with Gasteiger partial charge in [0.15, 0.2) is 11.6 Å². The van der Waals surface area contributed by atoms with Crippen molar-refractivity contribution in [3.05, 3.63) is 54.2 Å². The van der Waals surface area contributed by atoms with Gasteiger partial charge in [-0.3, -0.25) is 9.59 Å². The lowest BCUT2D eigenvalue weighted by molar-refractivity contribution is -0.136. The number of halogens is 2. The maximum absolute atomic E-state index is 13.5. The molecule has 146 valence electrons. The quantitative estimate of drug-likeness (QED) is 0.810. The second kappa shape index (κ2) is 7.53. The first kappa shape index (κ1) is 18.3. The van der Waals surface area contributed by atoms with E-state index in [1.165, 1.54) is 11.0 Å². The predicted molar refractivity (Wildman–Crippen MR) is 99.8 cm³/mol. The third-order valence-corrected chi connectivity index (χ3v) is 5.25. The van der Waals surface area contributed by atoms with Crippen molar-refractivity contribution in [3.63, 3.8) is 0 Å². The number of carbonyl (C=O) groups excluding carboxylic acids is 2. The third kappa shape index (κ3) is 3.54. The predicted octanol–water partition coefficient (Wildman–Crippen LogP) is 2.06. The Labute approximate surface area is 161 Å². The first-order chi connectivity index (χ1) is 13.5. The number of hydrogen-bond acceptors (Lipinski definition) is 4. The molecule has 1 aromatic carbocycles. The Hall–Kier alpha value is -3.03. The Balaban J connectivity index is 1.38. The number of aromatic nitrogens is 1. The van der Waals surface area contributed by atoms with Gasteiger partial charge in [-0.25, -0.2) is 13.8 Å². The van der Waals surface area contributed by atoms with Gasteiger partial charge < -0.3 is 14.7 Å². The van der Waals surface area contributed by atoms with Crippen LogP contribution in [0.5, 0.6) is 0 Å². The summed E-state index contributed by atoms with van der Waals surface area (Å²) >= 11 is 0. The molecule has 0 bridgehead atoms. The molecule has 1 unspecified atom stereocenters. The van der Waals surface area contributed by atoms with Gasteiger partial charge in [-0.05, 0) is 24.3 Å². The van der Waals surface area contributed by atoms with Crippen molar-refractivity contribution in [2.75, 3.05) is 42.5 Å². The molecule has 0 saturated carbocycles. The van der Waals surface area contributed by atoms with E-state index in [1.807, 2.05) is 18.2 Å². The lowest BCUT2D eigenvalue weighted by Crippen LogP contribution is -2.51. The topological polar surface area (TPSA) is 56.8 Å². The van der Waals surface area contributed by atoms with Crippen LogP contribution < -0.4 is 9.80 Å². The number of rotatable bonds is 3. The monoisotopic (exact) mass is 386 g/mol. The van der Waals surface area contributed by atoms with Gasteiger partial charge in [-0.15, -0.1) is 0 Å². The van der Waals surface area contributed by atoms with E-state index < -0.39 is 17.6 Å². The van der Waals surface area contributed by atoms with Crippen LogP contribution in [0.4, 0.5) is 20.3 Å². The SMILES string of the molecule is O=C(C1CC(=O)N(c2ccc(F)c(F)c2)C1)N1CCN(c2ccccn2)CC1. The maximum Gasteiger partial charge on any atom is 0.228 e. The minimum absolute atomic E-state index is 0.0703. The summed E-state index contributed by atoms with van der Waals surface area (Å²) in [6.45, 7) is 2.66. The van der Waals surface area contributed by atoms with Gasteiger partial charge in [0.25, 0.3) is 0 Å². The molecule has 0 spiro atoms. The fourth-order valence-electron chi connectivity index (χ4n) is 3.73. The van der Waals surface area contributed by atoms with Crippen LogP contribution in [0.3, 0.4) is 0 Å². The standard InChI is InChI=1S/C20H20F2N4O2/c21-16-5-4-15(12-17(16)22)26-13-14(11-19(26)27)20(28)25-9-7-24(8-10-25)18-3-1-2-6-23-18/h1-6,12,14H,7-11,13H2. The van der Waals surface area contributed by atoms with Crippen molar-refractivity contribution >= 4 is 23.3 Å². The second-order valence-corrected chi connectivity index (χ2v) is 7.00. The Kier molecular flexibility index (Phi) is 4.93. The van der Waals surface area contributed by atoms with Crippen LogP contribution >= 0.6 is 0 Å². The maximum atomic E-state index is 13.5. The summed E-state index contributed by atoms with van der Waals surface area (Å²) < 4.78 is 26.6. The molecule has 1 aromatic heterocycles. The van der Waals surface area contributed by atoms with E-state index in [2.05, 4.69) is 9.88 Å². The van der Waals surface area contributed by atoms with Gasteiger partial charge in [0.2, 0.25) is 11.8 Å². The number of pyridine rings is 1. The Bertz CT molecular complexity index is 885. The van der Waals surface area contributed by atoms with Gasteiger partial charge >= 0.3 is 0 Å². The fraction of sp³-hybridized carbons (Fsp3) is 0.350. The minimum Gasteiger partial charge on any atom is -0.353 e. The van der Waals surface area contributed by atoms with E-state index in [0.29, 0.717) is 26.2 Å². The summed E-state index contributed by atoms with van der Waals surface area (Å²) in [5.74, 6) is -1.88. The number of nitrogens with zero attached hydrogens (tertiary/aromatic N) is 4. The van der Waals surface area contributed by atoms with Crippen molar-refractivity contribution in [3.8, 4) is 0 Å². The molecule has 2 aliphatic rings. The minimum atomic E-state index is -1.01. The van der Waals surface area contributed by atoms with Crippen LogP contribution in [-0.4, -0.2) is 54.4 Å². The summed E-state index contributed by atoms with van der Waals surface area (Å²) in [4.78, 5) is 34.8. The molecule has 3 heterocycles. The highest BCUT2D eigenvalue weighted by atomic mass is 19.2. The van der Waals surface area contributed by atoms with Crippen molar-refractivity contribution in [2.45, 2.75) is 6.42 Å². The number of benzene rings is 1. The zero-order chi connectivity index (χ0) is 19.7. The Morgan fingerprint density at radius 1 is 1.04 bits per heavy atom. The molecule has 6 nitrogen and oxygen atoms in total. The van der Waals surface area contributed by atoms with E-state index in [-0.39, 0.29) is 30.5 Å². The molecule has 2 fully saturated rings. The van der Waals surface area contributed by atoms with E-state index in [9.17, 15) is 18.4 Å². The Morgan fingerprint density at radius 3 is 2.50 bits per heavy atom. The normalized spacial score (nSPS) is 20.0. The van der Waals surface area contributed by atoms with Gasteiger partial charge in [0, 0.05) is 57.1 Å². The molecule has 0 radical (unpaired) electrons. The first-order valence-corrected chi connectivity index (χ1v) is 9.23. The van der Waals surface area contributed by atoms with Crippen LogP contribution in [-0.2, 0) is 9.59 Å². The molecule has 8 heteroatoms. The van der Waals surface area contributed by atoms with Gasteiger partial charge in [-0.2, -0.15) is 0 Å². The van der Waals surface area contributed by atoms with Crippen molar-refractivity contribution in [1.29, 1.82) is 0 Å². The smallest absolute Gasteiger partial charge is 0.228 e. The van der Waals surface area contributed by atoms with Crippen LogP contribution in [0.2, 0.25) is 0 Å². The number of hydrogen-bond donors (Lipinski definition) is 0. The zero-order valence-electron chi connectivity index (χ0n) is 15.2. The zero-order valence-corrected chi connectivity index (χ0v) is 15.2. The molecule has 0 aliphatic carbocycles. The molecule has 2 aromatic rings. The van der Waals surface area contributed by atoms with Gasteiger partial charge in [0.1, 0.15) is 5.82 Å². The largest absolute Gasteiger partial charge is 0.353 e. The number of anilines is 2. The summed E-state index contributed by atoms with van der Waals surface area (Å²) in [6, 6.07) is 9.06. The molecule has 28 heavy (non-hydrogen) atoms. The highest BCUT2D eigenvalue weighted by Crippen LogP contribution is 2.28. The lowest BCUT2D eigenvalue weighted by atomic mass is 10.1. The van der Waals surface area contributed by atoms with Crippen LogP contribution in [0.25, 0.3) is 0 Å². The van der Waals surface area contributed by atoms with Crippen LogP contribution in [0.15, 0.2) is 42.6 Å². The summed E-state index contributed by atoms with van der Waals surface area (Å²) in [6.07, 6.45) is 1.82. The molecule has 2 amide bonds. The van der Waals surface area contributed by atoms with E-state index in [0.717, 1.165) is 18.0 Å². The highest BCUT2D eigenvalue weighted by molar-refractivity contribution is 6.00. The van der Waals surface area contributed by atoms with Crippen LogP contribution in [0.1, 0.15) is 6.42 Å². The third-order valence-electron chi connectivity index (χ3n) is 5.25. The molecular formula is C20H20F2N4O2. The summed E-state index contributed by atoms with van der Waals surface area (Å²) in [7, 11) is 0. The first-order valence-electron chi connectivity index (χ1n) is 9.23. The summed E-state index contributed by atoms with van der Waals surface area (Å²) in [5, 5.41) is 0. The highest BCUT2D eigenvalue weighted by Gasteiger charge is 2.38. The molecule has 4 rings (SSSR count). The van der Waals surface area contributed by atoms with Gasteiger partial charge in [0.05, 0.1) is 5.92 Å². The summed E-state index contributed by atoms with van der Waals surface area (Å²) in [5.41, 5.74) is 0.277.